The smallest absolute Gasteiger partial charge is 0.122 e. The van der Waals surface area contributed by atoms with E-state index in [4.69, 9.17) is 15.2 Å². The van der Waals surface area contributed by atoms with E-state index in [-0.39, 0.29) is 12.0 Å². The number of benzene rings is 2. The van der Waals surface area contributed by atoms with Gasteiger partial charge in [0, 0.05) is 5.92 Å². The van der Waals surface area contributed by atoms with E-state index in [1.54, 1.807) is 0 Å². The van der Waals surface area contributed by atoms with Crippen LogP contribution in [0, 0.1) is 6.92 Å². The van der Waals surface area contributed by atoms with Crippen molar-refractivity contribution in [3.8, 4) is 11.5 Å². The highest BCUT2D eigenvalue weighted by Gasteiger charge is 2.16. The van der Waals surface area contributed by atoms with Crippen LogP contribution in [0.1, 0.15) is 43.4 Å². The van der Waals surface area contributed by atoms with Crippen LogP contribution in [0.2, 0.25) is 0 Å². The summed E-state index contributed by atoms with van der Waals surface area (Å²) in [5, 5.41) is 0. The van der Waals surface area contributed by atoms with E-state index in [2.05, 4.69) is 37.3 Å². The Morgan fingerprint density at radius 2 is 1.88 bits per heavy atom. The Kier molecular flexibility index (Phi) is 6.68. The first-order chi connectivity index (χ1) is 11.5. The topological polar surface area (TPSA) is 44.5 Å². The normalized spacial score (nSPS) is 12.2. The number of ether oxygens (including phenoxy) is 2. The van der Waals surface area contributed by atoms with Crippen molar-refractivity contribution >= 4 is 0 Å². The highest BCUT2D eigenvalue weighted by atomic mass is 16.5. The quantitative estimate of drug-likeness (QED) is 0.778. The number of aryl methyl sites for hydroxylation is 1. The zero-order valence-corrected chi connectivity index (χ0v) is 15.2. The summed E-state index contributed by atoms with van der Waals surface area (Å²) in [7, 11) is 0. The molecule has 0 bridgehead atoms. The average Bonchev–Trinajstić information content (AvgIpc) is 2.54. The minimum absolute atomic E-state index is 0.173. The minimum atomic E-state index is 0.173. The van der Waals surface area contributed by atoms with Crippen LogP contribution in [0.25, 0.3) is 0 Å². The molecule has 3 heteroatoms. The number of nitrogens with two attached hydrogens (primary N) is 1. The van der Waals surface area contributed by atoms with Gasteiger partial charge < -0.3 is 15.2 Å². The molecule has 24 heavy (non-hydrogen) atoms. The molecule has 2 rings (SSSR count). The Balaban J connectivity index is 2.25. The third kappa shape index (κ3) is 5.00. The predicted molar refractivity (Wildman–Crippen MR) is 100 cm³/mol. The second-order valence-electron chi connectivity index (χ2n) is 6.43. The van der Waals surface area contributed by atoms with Gasteiger partial charge in [0.15, 0.2) is 0 Å². The van der Waals surface area contributed by atoms with E-state index >= 15 is 0 Å². The van der Waals surface area contributed by atoms with Crippen molar-refractivity contribution in [2.24, 2.45) is 5.73 Å². The summed E-state index contributed by atoms with van der Waals surface area (Å²) in [4.78, 5) is 0. The van der Waals surface area contributed by atoms with Gasteiger partial charge in [0.05, 0.1) is 12.7 Å². The molecule has 1 atom stereocenters. The van der Waals surface area contributed by atoms with Crippen LogP contribution in [0.15, 0.2) is 42.5 Å². The molecule has 2 N–H and O–H groups in total. The molecule has 0 spiro atoms. The maximum atomic E-state index is 6.10. The summed E-state index contributed by atoms with van der Waals surface area (Å²) in [6.45, 7) is 9.43. The molecule has 0 fully saturated rings. The number of rotatable bonds is 8. The van der Waals surface area contributed by atoms with Crippen LogP contribution < -0.4 is 15.2 Å². The Morgan fingerprint density at radius 1 is 1.08 bits per heavy atom. The SMILES string of the molecule is CCOc1ccc(C)cc1C(CN)Cc1cccc(OC(C)C)c1. The van der Waals surface area contributed by atoms with Gasteiger partial charge >= 0.3 is 0 Å². The molecule has 0 saturated heterocycles. The minimum Gasteiger partial charge on any atom is -0.494 e. The molecule has 3 nitrogen and oxygen atoms in total. The molecule has 0 aliphatic heterocycles. The monoisotopic (exact) mass is 327 g/mol. The van der Waals surface area contributed by atoms with Gasteiger partial charge in [-0.25, -0.2) is 0 Å². The van der Waals surface area contributed by atoms with Crippen molar-refractivity contribution in [1.82, 2.24) is 0 Å². The van der Waals surface area contributed by atoms with Gasteiger partial charge in [-0.05, 0) is 70.0 Å². The number of hydrogen-bond acceptors (Lipinski definition) is 3. The molecule has 1 unspecified atom stereocenters. The highest BCUT2D eigenvalue weighted by molar-refractivity contribution is 5.41. The second-order valence-corrected chi connectivity index (χ2v) is 6.43. The molecule has 0 radical (unpaired) electrons. The summed E-state index contributed by atoms with van der Waals surface area (Å²) < 4.78 is 11.6. The molecule has 0 aromatic heterocycles. The summed E-state index contributed by atoms with van der Waals surface area (Å²) in [6.07, 6.45) is 1.04. The lowest BCUT2D eigenvalue weighted by Gasteiger charge is -2.20. The van der Waals surface area contributed by atoms with Crippen LogP contribution in [-0.4, -0.2) is 19.3 Å². The molecule has 2 aromatic carbocycles. The van der Waals surface area contributed by atoms with Crippen molar-refractivity contribution in [3.05, 3.63) is 59.2 Å². The molecule has 0 amide bonds. The van der Waals surface area contributed by atoms with E-state index in [9.17, 15) is 0 Å². The summed E-state index contributed by atoms with van der Waals surface area (Å²) in [5.74, 6) is 2.07. The Bertz CT molecular complexity index is 652. The molecular weight excluding hydrogens is 298 g/mol. The zero-order chi connectivity index (χ0) is 17.5. The number of hydrogen-bond donors (Lipinski definition) is 1. The fraction of sp³-hybridized carbons (Fsp3) is 0.429. The van der Waals surface area contributed by atoms with Gasteiger partial charge in [-0.15, -0.1) is 0 Å². The first-order valence-electron chi connectivity index (χ1n) is 8.72. The van der Waals surface area contributed by atoms with E-state index in [1.165, 1.54) is 16.7 Å². The van der Waals surface area contributed by atoms with Crippen molar-refractivity contribution in [1.29, 1.82) is 0 Å². The van der Waals surface area contributed by atoms with Crippen molar-refractivity contribution in [2.45, 2.75) is 46.1 Å². The summed E-state index contributed by atoms with van der Waals surface area (Å²) in [5.41, 5.74) is 9.74. The lowest BCUT2D eigenvalue weighted by molar-refractivity contribution is 0.242. The third-order valence-corrected chi connectivity index (χ3v) is 3.94. The van der Waals surface area contributed by atoms with Crippen molar-refractivity contribution in [3.63, 3.8) is 0 Å². The molecule has 0 aliphatic rings. The largest absolute Gasteiger partial charge is 0.494 e. The maximum absolute atomic E-state index is 6.10. The van der Waals surface area contributed by atoms with Crippen LogP contribution >= 0.6 is 0 Å². The molecule has 0 aliphatic carbocycles. The lowest BCUT2D eigenvalue weighted by atomic mass is 9.90. The zero-order valence-electron chi connectivity index (χ0n) is 15.2. The van der Waals surface area contributed by atoms with Gasteiger partial charge in [0.2, 0.25) is 0 Å². The Morgan fingerprint density at radius 3 is 2.54 bits per heavy atom. The van der Waals surface area contributed by atoms with E-state index in [1.807, 2.05) is 32.9 Å². The average molecular weight is 327 g/mol. The lowest BCUT2D eigenvalue weighted by Crippen LogP contribution is -2.16. The van der Waals surface area contributed by atoms with Gasteiger partial charge in [0.25, 0.3) is 0 Å². The van der Waals surface area contributed by atoms with E-state index in [0.717, 1.165) is 17.9 Å². The maximum Gasteiger partial charge on any atom is 0.122 e. The third-order valence-electron chi connectivity index (χ3n) is 3.94. The van der Waals surface area contributed by atoms with Crippen LogP contribution in [-0.2, 0) is 6.42 Å². The molecule has 0 saturated carbocycles. The standard InChI is InChI=1S/C21H29NO2/c1-5-23-21-10-9-16(4)11-20(21)18(14-22)12-17-7-6-8-19(13-17)24-15(2)3/h6-11,13,15,18H,5,12,14,22H2,1-4H3. The molecular formula is C21H29NO2. The van der Waals surface area contributed by atoms with E-state index < -0.39 is 0 Å². The van der Waals surface area contributed by atoms with Crippen LogP contribution in [0.4, 0.5) is 0 Å². The fourth-order valence-corrected chi connectivity index (χ4v) is 2.90. The fourth-order valence-electron chi connectivity index (χ4n) is 2.90. The molecule has 0 heterocycles. The van der Waals surface area contributed by atoms with Crippen LogP contribution in [0.5, 0.6) is 11.5 Å². The highest BCUT2D eigenvalue weighted by Crippen LogP contribution is 2.31. The first kappa shape index (κ1) is 18.3. The van der Waals surface area contributed by atoms with Gasteiger partial charge in [0.1, 0.15) is 11.5 Å². The van der Waals surface area contributed by atoms with Gasteiger partial charge in [-0.2, -0.15) is 0 Å². The van der Waals surface area contributed by atoms with Gasteiger partial charge in [-0.1, -0.05) is 29.8 Å². The van der Waals surface area contributed by atoms with Crippen molar-refractivity contribution < 1.29 is 9.47 Å². The van der Waals surface area contributed by atoms with Crippen molar-refractivity contribution in [2.75, 3.05) is 13.2 Å². The van der Waals surface area contributed by atoms with Crippen LogP contribution in [0.3, 0.4) is 0 Å². The first-order valence-corrected chi connectivity index (χ1v) is 8.72. The molecule has 130 valence electrons. The summed E-state index contributed by atoms with van der Waals surface area (Å²) in [6, 6.07) is 14.6. The second kappa shape index (κ2) is 8.74. The Hall–Kier alpha value is -2.00. The van der Waals surface area contributed by atoms with Gasteiger partial charge in [-0.3, -0.25) is 0 Å². The predicted octanol–water partition coefficient (Wildman–Crippen LogP) is 4.47. The Labute approximate surface area is 145 Å². The summed E-state index contributed by atoms with van der Waals surface area (Å²) >= 11 is 0. The molecule has 2 aromatic rings. The van der Waals surface area contributed by atoms with E-state index in [0.29, 0.717) is 13.2 Å².